The Morgan fingerprint density at radius 2 is 1.95 bits per heavy atom. The van der Waals surface area contributed by atoms with E-state index in [-0.39, 0.29) is 5.56 Å². The first kappa shape index (κ1) is 13.8. The maximum atomic E-state index is 11.7. The van der Waals surface area contributed by atoms with Gasteiger partial charge in [-0.15, -0.1) is 0 Å². The van der Waals surface area contributed by atoms with Gasteiger partial charge in [0.25, 0.3) is 5.56 Å². The lowest BCUT2D eigenvalue weighted by Crippen LogP contribution is -2.24. The molecule has 5 heteroatoms. The number of ether oxygens (including phenoxy) is 1. The Balaban J connectivity index is 2.25. The van der Waals surface area contributed by atoms with Crippen LogP contribution in [0.15, 0.2) is 41.2 Å². The van der Waals surface area contributed by atoms with E-state index in [1.165, 1.54) is 10.7 Å². The van der Waals surface area contributed by atoms with Gasteiger partial charge in [-0.2, -0.15) is 5.10 Å². The van der Waals surface area contributed by atoms with Crippen LogP contribution in [0.4, 0.5) is 0 Å². The van der Waals surface area contributed by atoms with Gasteiger partial charge in [-0.3, -0.25) is 4.79 Å². The van der Waals surface area contributed by atoms with Crippen LogP contribution in [0.5, 0.6) is 0 Å². The molecule has 0 aliphatic rings. The summed E-state index contributed by atoms with van der Waals surface area (Å²) in [5, 5.41) is 5.00. The molecule has 0 spiro atoms. The summed E-state index contributed by atoms with van der Waals surface area (Å²) in [5.41, 5.74) is 1.54. The third kappa shape index (κ3) is 3.66. The molecule has 0 radical (unpaired) electrons. The highest BCUT2D eigenvalue weighted by Crippen LogP contribution is 2.18. The fourth-order valence-electron chi connectivity index (χ4n) is 1.68. The van der Waals surface area contributed by atoms with Crippen molar-refractivity contribution < 1.29 is 4.74 Å². The molecule has 0 unspecified atom stereocenters. The van der Waals surface area contributed by atoms with Crippen LogP contribution in [-0.4, -0.2) is 23.0 Å². The lowest BCUT2D eigenvalue weighted by Gasteiger charge is -2.07. The van der Waals surface area contributed by atoms with Crippen LogP contribution >= 0.6 is 11.6 Å². The van der Waals surface area contributed by atoms with Gasteiger partial charge < -0.3 is 4.74 Å². The number of hydrogen-bond acceptors (Lipinski definition) is 3. The Bertz CT molecular complexity index is 593. The van der Waals surface area contributed by atoms with Crippen molar-refractivity contribution in [2.45, 2.75) is 13.5 Å². The van der Waals surface area contributed by atoms with Gasteiger partial charge in [0.15, 0.2) is 0 Å². The molecule has 0 saturated carbocycles. The van der Waals surface area contributed by atoms with Crippen LogP contribution in [0, 0.1) is 0 Å². The predicted octanol–water partition coefficient (Wildman–Crippen LogP) is 2.60. The van der Waals surface area contributed by atoms with Crippen LogP contribution in [-0.2, 0) is 11.3 Å². The van der Waals surface area contributed by atoms with Crippen molar-refractivity contribution in [3.05, 3.63) is 51.8 Å². The van der Waals surface area contributed by atoms with Crippen LogP contribution in [0.25, 0.3) is 11.3 Å². The first-order valence-electron chi connectivity index (χ1n) is 6.12. The Morgan fingerprint density at radius 1 is 1.21 bits per heavy atom. The fourth-order valence-corrected chi connectivity index (χ4v) is 1.81. The Labute approximate surface area is 116 Å². The zero-order chi connectivity index (χ0) is 13.7. The van der Waals surface area contributed by atoms with Gasteiger partial charge in [0, 0.05) is 23.3 Å². The highest BCUT2D eigenvalue weighted by atomic mass is 35.5. The second-order valence-corrected chi connectivity index (χ2v) is 4.42. The van der Waals surface area contributed by atoms with Crippen molar-refractivity contribution >= 4 is 11.6 Å². The average Bonchev–Trinajstić information content (AvgIpc) is 2.42. The van der Waals surface area contributed by atoms with Crippen LogP contribution in [0.2, 0.25) is 5.02 Å². The second-order valence-electron chi connectivity index (χ2n) is 3.98. The molecule has 0 atom stereocenters. The first-order valence-corrected chi connectivity index (χ1v) is 6.50. The van der Waals surface area contributed by atoms with E-state index in [4.69, 9.17) is 16.3 Å². The van der Waals surface area contributed by atoms with Gasteiger partial charge in [0.05, 0.1) is 18.8 Å². The number of rotatable bonds is 5. The lowest BCUT2D eigenvalue weighted by atomic mass is 10.1. The molecule has 1 heterocycles. The van der Waals surface area contributed by atoms with Gasteiger partial charge in [0.2, 0.25) is 0 Å². The van der Waals surface area contributed by atoms with Crippen molar-refractivity contribution in [3.63, 3.8) is 0 Å². The van der Waals surface area contributed by atoms with Crippen LogP contribution < -0.4 is 5.56 Å². The summed E-state index contributed by atoms with van der Waals surface area (Å²) in [4.78, 5) is 11.7. The highest BCUT2D eigenvalue weighted by Gasteiger charge is 2.03. The number of aromatic nitrogens is 2. The van der Waals surface area contributed by atoms with E-state index in [2.05, 4.69) is 5.10 Å². The van der Waals surface area contributed by atoms with Crippen molar-refractivity contribution in [2.24, 2.45) is 0 Å². The third-order valence-corrected chi connectivity index (χ3v) is 2.91. The van der Waals surface area contributed by atoms with E-state index < -0.39 is 0 Å². The largest absolute Gasteiger partial charge is 0.380 e. The summed E-state index contributed by atoms with van der Waals surface area (Å²) in [6.07, 6.45) is 0. The van der Waals surface area contributed by atoms with Crippen molar-refractivity contribution in [2.75, 3.05) is 13.2 Å². The van der Waals surface area contributed by atoms with E-state index >= 15 is 0 Å². The summed E-state index contributed by atoms with van der Waals surface area (Å²) in [7, 11) is 0. The fraction of sp³-hybridized carbons (Fsp3) is 0.286. The highest BCUT2D eigenvalue weighted by molar-refractivity contribution is 6.30. The van der Waals surface area contributed by atoms with E-state index in [0.29, 0.717) is 24.8 Å². The number of nitrogens with zero attached hydrogens (tertiary/aromatic N) is 2. The molecule has 100 valence electrons. The van der Waals surface area contributed by atoms with Gasteiger partial charge in [-0.05, 0) is 25.1 Å². The molecule has 0 saturated heterocycles. The van der Waals surface area contributed by atoms with Crippen LogP contribution in [0.1, 0.15) is 6.92 Å². The zero-order valence-electron chi connectivity index (χ0n) is 10.7. The second kappa shape index (κ2) is 6.50. The van der Waals surface area contributed by atoms with E-state index in [1.807, 2.05) is 19.1 Å². The minimum absolute atomic E-state index is 0.127. The zero-order valence-corrected chi connectivity index (χ0v) is 11.4. The third-order valence-electron chi connectivity index (χ3n) is 2.66. The minimum Gasteiger partial charge on any atom is -0.380 e. The molecule has 0 aliphatic carbocycles. The van der Waals surface area contributed by atoms with E-state index in [1.54, 1.807) is 18.2 Å². The molecule has 0 N–H and O–H groups in total. The first-order chi connectivity index (χ1) is 9.20. The Kier molecular flexibility index (Phi) is 4.71. The summed E-state index contributed by atoms with van der Waals surface area (Å²) >= 11 is 5.85. The summed E-state index contributed by atoms with van der Waals surface area (Å²) < 4.78 is 6.65. The van der Waals surface area contributed by atoms with Gasteiger partial charge >= 0.3 is 0 Å². The molecular formula is C14H15ClN2O2. The molecule has 1 aromatic carbocycles. The van der Waals surface area contributed by atoms with Crippen LogP contribution in [0.3, 0.4) is 0 Å². The number of hydrogen-bond donors (Lipinski definition) is 0. The molecule has 1 aromatic heterocycles. The molecule has 4 nitrogen and oxygen atoms in total. The molecule has 0 fully saturated rings. The average molecular weight is 279 g/mol. The predicted molar refractivity (Wildman–Crippen MR) is 75.4 cm³/mol. The van der Waals surface area contributed by atoms with Crippen molar-refractivity contribution in [3.8, 4) is 11.3 Å². The number of benzene rings is 1. The molecule has 0 amide bonds. The topological polar surface area (TPSA) is 44.1 Å². The van der Waals surface area contributed by atoms with Gasteiger partial charge in [-0.1, -0.05) is 23.7 Å². The van der Waals surface area contributed by atoms with Crippen molar-refractivity contribution in [1.29, 1.82) is 0 Å². The lowest BCUT2D eigenvalue weighted by molar-refractivity contribution is 0.135. The maximum Gasteiger partial charge on any atom is 0.266 e. The van der Waals surface area contributed by atoms with E-state index in [0.717, 1.165) is 11.3 Å². The molecule has 2 rings (SSSR count). The quantitative estimate of drug-likeness (QED) is 0.790. The minimum atomic E-state index is -0.127. The SMILES string of the molecule is CCOCCn1nc(-c2ccc(Cl)cc2)ccc1=O. The Morgan fingerprint density at radius 3 is 2.63 bits per heavy atom. The molecular weight excluding hydrogens is 264 g/mol. The van der Waals surface area contributed by atoms with Crippen molar-refractivity contribution in [1.82, 2.24) is 9.78 Å². The van der Waals surface area contributed by atoms with Gasteiger partial charge in [0.1, 0.15) is 0 Å². The maximum absolute atomic E-state index is 11.7. The van der Waals surface area contributed by atoms with E-state index in [9.17, 15) is 4.79 Å². The molecule has 19 heavy (non-hydrogen) atoms. The summed E-state index contributed by atoms with van der Waals surface area (Å²) in [6.45, 7) is 3.48. The summed E-state index contributed by atoms with van der Waals surface area (Å²) in [6, 6.07) is 10.6. The Hall–Kier alpha value is -1.65. The normalized spacial score (nSPS) is 10.6. The smallest absolute Gasteiger partial charge is 0.266 e. The molecule has 2 aromatic rings. The monoisotopic (exact) mass is 278 g/mol. The number of halogens is 1. The summed E-state index contributed by atoms with van der Waals surface area (Å²) in [5.74, 6) is 0. The standard InChI is InChI=1S/C14H15ClN2O2/c1-2-19-10-9-17-14(18)8-7-13(16-17)11-3-5-12(15)6-4-11/h3-8H,2,9-10H2,1H3. The van der Waals surface area contributed by atoms with Gasteiger partial charge in [-0.25, -0.2) is 4.68 Å². The molecule has 0 bridgehead atoms. The molecule has 0 aliphatic heterocycles.